The summed E-state index contributed by atoms with van der Waals surface area (Å²) in [5.41, 5.74) is 12.5. The third-order valence-electron chi connectivity index (χ3n) is 10.9. The zero-order valence-corrected chi connectivity index (χ0v) is 31.2. The molecule has 0 fully saturated rings. The van der Waals surface area contributed by atoms with Crippen molar-refractivity contribution in [1.29, 1.82) is 0 Å². The van der Waals surface area contributed by atoms with E-state index < -0.39 is 0 Å². The van der Waals surface area contributed by atoms with Gasteiger partial charge in [0.05, 0.1) is 0 Å². The monoisotopic (exact) mass is 715 g/mol. The van der Waals surface area contributed by atoms with E-state index in [1.165, 1.54) is 66.1 Å². The van der Waals surface area contributed by atoms with E-state index in [0.717, 1.165) is 27.5 Å². The Hall–Kier alpha value is -7.23. The molecule has 3 nitrogen and oxygen atoms in total. The predicted molar refractivity (Wildman–Crippen MR) is 234 cm³/mol. The van der Waals surface area contributed by atoms with E-state index in [4.69, 9.17) is 15.0 Å². The summed E-state index contributed by atoms with van der Waals surface area (Å²) in [6, 6.07) is 67.2. The van der Waals surface area contributed by atoms with E-state index in [0.29, 0.717) is 17.5 Å². The van der Waals surface area contributed by atoms with E-state index in [-0.39, 0.29) is 0 Å². The van der Waals surface area contributed by atoms with Gasteiger partial charge in [-0.2, -0.15) is 0 Å². The molecule has 0 bridgehead atoms. The summed E-state index contributed by atoms with van der Waals surface area (Å²) < 4.78 is 0. The summed E-state index contributed by atoms with van der Waals surface area (Å²) in [6.07, 6.45) is 0. The standard InChI is InChI=1S/C53H37N3/c1-34-20-24-39(25-21-34)51-54-52(40-26-22-35(2)23-27-40)56-53(55-51)48-33-32-47(41-14-6-7-15-42(41)48)50-45-18-10-8-16-43(45)49(44-17-9-11-19-46(44)50)38-30-28-37(29-31-38)36-12-4-3-5-13-36/h3-33H,1-2H3. The molecule has 0 amide bonds. The van der Waals surface area contributed by atoms with Gasteiger partial charge in [-0.25, -0.2) is 15.0 Å². The minimum Gasteiger partial charge on any atom is -0.208 e. The highest BCUT2D eigenvalue weighted by Gasteiger charge is 2.20. The molecule has 0 N–H and O–H groups in total. The second-order valence-electron chi connectivity index (χ2n) is 14.5. The Morgan fingerprint density at radius 2 is 0.607 bits per heavy atom. The van der Waals surface area contributed by atoms with Crippen molar-refractivity contribution in [2.45, 2.75) is 13.8 Å². The van der Waals surface area contributed by atoms with Gasteiger partial charge in [0.15, 0.2) is 17.5 Å². The van der Waals surface area contributed by atoms with Crippen LogP contribution in [0.2, 0.25) is 0 Å². The van der Waals surface area contributed by atoms with Crippen LogP contribution in [0, 0.1) is 13.8 Å². The van der Waals surface area contributed by atoms with E-state index in [1.54, 1.807) is 0 Å². The molecule has 0 atom stereocenters. The van der Waals surface area contributed by atoms with Crippen LogP contribution in [0.5, 0.6) is 0 Å². The lowest BCUT2D eigenvalue weighted by molar-refractivity contribution is 1.08. The van der Waals surface area contributed by atoms with E-state index in [1.807, 2.05) is 0 Å². The molecular formula is C53H37N3. The highest BCUT2D eigenvalue weighted by atomic mass is 15.0. The van der Waals surface area contributed by atoms with Gasteiger partial charge in [0.1, 0.15) is 0 Å². The van der Waals surface area contributed by atoms with E-state index in [9.17, 15) is 0 Å². The molecule has 0 unspecified atom stereocenters. The van der Waals surface area contributed by atoms with Gasteiger partial charge in [-0.15, -0.1) is 0 Å². The number of hydrogen-bond donors (Lipinski definition) is 0. The summed E-state index contributed by atoms with van der Waals surface area (Å²) in [5.74, 6) is 1.96. The van der Waals surface area contributed by atoms with Gasteiger partial charge in [0, 0.05) is 16.7 Å². The minimum absolute atomic E-state index is 0.651. The lowest BCUT2D eigenvalue weighted by Crippen LogP contribution is -2.01. The maximum atomic E-state index is 5.15. The van der Waals surface area contributed by atoms with Crippen molar-refractivity contribution in [1.82, 2.24) is 15.0 Å². The lowest BCUT2D eigenvalue weighted by Gasteiger charge is -2.19. The van der Waals surface area contributed by atoms with Gasteiger partial charge in [0.25, 0.3) is 0 Å². The molecule has 0 radical (unpaired) electrons. The maximum Gasteiger partial charge on any atom is 0.164 e. The topological polar surface area (TPSA) is 38.7 Å². The molecule has 3 heteroatoms. The fourth-order valence-corrected chi connectivity index (χ4v) is 8.06. The van der Waals surface area contributed by atoms with Gasteiger partial charge >= 0.3 is 0 Å². The maximum absolute atomic E-state index is 5.15. The SMILES string of the molecule is Cc1ccc(-c2nc(-c3ccc(C)cc3)nc(-c3ccc(-c4c5ccccc5c(-c5ccc(-c6ccccc6)cc5)c5ccccc45)c4ccccc34)n2)cc1. The summed E-state index contributed by atoms with van der Waals surface area (Å²) in [6.45, 7) is 4.19. The summed E-state index contributed by atoms with van der Waals surface area (Å²) in [5, 5.41) is 7.13. The Kier molecular flexibility index (Phi) is 8.26. The molecule has 1 aromatic heterocycles. The van der Waals surface area contributed by atoms with Crippen molar-refractivity contribution < 1.29 is 0 Å². The van der Waals surface area contributed by atoms with Crippen molar-refractivity contribution in [3.8, 4) is 67.5 Å². The van der Waals surface area contributed by atoms with Gasteiger partial charge < -0.3 is 0 Å². The summed E-state index contributed by atoms with van der Waals surface area (Å²) in [7, 11) is 0. The molecule has 0 aliphatic rings. The molecule has 9 aromatic carbocycles. The number of aromatic nitrogens is 3. The Labute approximate surface area is 326 Å². The highest BCUT2D eigenvalue weighted by Crippen LogP contribution is 2.46. The van der Waals surface area contributed by atoms with Crippen molar-refractivity contribution in [2.24, 2.45) is 0 Å². The van der Waals surface area contributed by atoms with Crippen LogP contribution in [0.4, 0.5) is 0 Å². The zero-order chi connectivity index (χ0) is 37.6. The molecule has 10 aromatic rings. The molecule has 56 heavy (non-hydrogen) atoms. The highest BCUT2D eigenvalue weighted by molar-refractivity contribution is 6.24. The van der Waals surface area contributed by atoms with Gasteiger partial charge in [-0.1, -0.05) is 193 Å². The van der Waals surface area contributed by atoms with E-state index in [2.05, 4.69) is 202 Å². The zero-order valence-electron chi connectivity index (χ0n) is 31.2. The molecule has 0 saturated heterocycles. The van der Waals surface area contributed by atoms with Crippen molar-refractivity contribution in [3.05, 3.63) is 199 Å². The first-order valence-corrected chi connectivity index (χ1v) is 19.1. The molecule has 264 valence electrons. The fraction of sp³-hybridized carbons (Fsp3) is 0.0377. The second-order valence-corrected chi connectivity index (χ2v) is 14.5. The lowest BCUT2D eigenvalue weighted by atomic mass is 9.84. The number of aryl methyl sites for hydroxylation is 2. The van der Waals surface area contributed by atoms with Gasteiger partial charge in [-0.05, 0) is 85.6 Å². The van der Waals surface area contributed by atoms with Crippen LogP contribution in [-0.2, 0) is 0 Å². The third-order valence-corrected chi connectivity index (χ3v) is 10.9. The Bertz CT molecular complexity index is 2940. The molecule has 10 rings (SSSR count). The van der Waals surface area contributed by atoms with Crippen LogP contribution in [0.15, 0.2) is 188 Å². The Balaban J connectivity index is 1.18. The number of benzene rings is 9. The van der Waals surface area contributed by atoms with Gasteiger partial charge in [-0.3, -0.25) is 0 Å². The average Bonchev–Trinajstić information content (AvgIpc) is 3.26. The van der Waals surface area contributed by atoms with Crippen LogP contribution in [0.3, 0.4) is 0 Å². The number of nitrogens with zero attached hydrogens (tertiary/aromatic N) is 3. The first-order chi connectivity index (χ1) is 27.6. The first kappa shape index (κ1) is 33.3. The quantitative estimate of drug-likeness (QED) is 0.161. The molecule has 0 spiro atoms. The number of fused-ring (bicyclic) bond motifs is 3. The third kappa shape index (κ3) is 5.91. The van der Waals surface area contributed by atoms with Crippen LogP contribution in [-0.4, -0.2) is 15.0 Å². The Morgan fingerprint density at radius 3 is 1.12 bits per heavy atom. The van der Waals surface area contributed by atoms with E-state index >= 15 is 0 Å². The molecule has 0 aliphatic carbocycles. The van der Waals surface area contributed by atoms with Crippen LogP contribution in [0.1, 0.15) is 11.1 Å². The average molecular weight is 716 g/mol. The second kappa shape index (κ2) is 13.9. The largest absolute Gasteiger partial charge is 0.208 e. The Morgan fingerprint density at radius 1 is 0.250 bits per heavy atom. The normalized spacial score (nSPS) is 11.4. The van der Waals surface area contributed by atoms with Crippen molar-refractivity contribution in [3.63, 3.8) is 0 Å². The van der Waals surface area contributed by atoms with Crippen LogP contribution in [0.25, 0.3) is 99.9 Å². The fourth-order valence-electron chi connectivity index (χ4n) is 8.06. The number of rotatable bonds is 6. The molecule has 0 aliphatic heterocycles. The summed E-state index contributed by atoms with van der Waals surface area (Å²) >= 11 is 0. The van der Waals surface area contributed by atoms with Crippen molar-refractivity contribution >= 4 is 32.3 Å². The van der Waals surface area contributed by atoms with Gasteiger partial charge in [0.2, 0.25) is 0 Å². The summed E-state index contributed by atoms with van der Waals surface area (Å²) in [4.78, 5) is 15.3. The van der Waals surface area contributed by atoms with Crippen LogP contribution < -0.4 is 0 Å². The first-order valence-electron chi connectivity index (χ1n) is 19.1. The smallest absolute Gasteiger partial charge is 0.164 e. The van der Waals surface area contributed by atoms with Crippen molar-refractivity contribution in [2.75, 3.05) is 0 Å². The molecule has 0 saturated carbocycles. The molecule has 1 heterocycles. The predicted octanol–water partition coefficient (Wildman–Crippen LogP) is 14.0. The molecular weight excluding hydrogens is 679 g/mol. The number of hydrogen-bond acceptors (Lipinski definition) is 3. The minimum atomic E-state index is 0.651. The van der Waals surface area contributed by atoms with Crippen LogP contribution >= 0.6 is 0 Å².